The first-order valence-electron chi connectivity index (χ1n) is 10.6. The predicted octanol–water partition coefficient (Wildman–Crippen LogP) is 4.07. The summed E-state index contributed by atoms with van der Waals surface area (Å²) in [6.45, 7) is 4.73. The van der Waals surface area contributed by atoms with Gasteiger partial charge in [-0.05, 0) is 35.9 Å². The first-order chi connectivity index (χ1) is 14.7. The van der Waals surface area contributed by atoms with Gasteiger partial charge in [0, 0.05) is 38.3 Å². The Balaban J connectivity index is 1.43. The van der Waals surface area contributed by atoms with Gasteiger partial charge in [0.2, 0.25) is 0 Å². The van der Waals surface area contributed by atoms with E-state index < -0.39 is 0 Å². The Labute approximate surface area is 179 Å². The molecule has 154 valence electrons. The maximum atomic E-state index is 12.8. The number of likely N-dealkylation sites (N-methyl/N-ethyl adjacent to an activating group) is 1. The van der Waals surface area contributed by atoms with Gasteiger partial charge in [0.15, 0.2) is 0 Å². The van der Waals surface area contributed by atoms with Crippen LogP contribution in [0.1, 0.15) is 22.0 Å². The molecule has 1 fully saturated rings. The van der Waals surface area contributed by atoms with Crippen LogP contribution in [0.25, 0.3) is 11.1 Å². The minimum atomic E-state index is -0.0235. The van der Waals surface area contributed by atoms with Gasteiger partial charge in [0.1, 0.15) is 0 Å². The molecule has 0 radical (unpaired) electrons. The molecule has 4 rings (SSSR count). The fourth-order valence-corrected chi connectivity index (χ4v) is 4.00. The third kappa shape index (κ3) is 4.96. The molecule has 1 aliphatic rings. The molecular formula is C26H29N3O. The van der Waals surface area contributed by atoms with Crippen LogP contribution in [0.3, 0.4) is 0 Å². The summed E-state index contributed by atoms with van der Waals surface area (Å²) in [7, 11) is 2.16. The van der Waals surface area contributed by atoms with Crippen molar-refractivity contribution in [2.45, 2.75) is 6.04 Å². The lowest BCUT2D eigenvalue weighted by Crippen LogP contribution is -2.48. The van der Waals surface area contributed by atoms with Crippen LogP contribution >= 0.6 is 0 Å². The molecule has 1 atom stereocenters. The quantitative estimate of drug-likeness (QED) is 0.679. The van der Waals surface area contributed by atoms with Crippen LogP contribution in [0.2, 0.25) is 0 Å². The van der Waals surface area contributed by atoms with Crippen molar-refractivity contribution in [2.24, 2.45) is 0 Å². The van der Waals surface area contributed by atoms with Crippen molar-refractivity contribution in [3.63, 3.8) is 0 Å². The predicted molar refractivity (Wildman–Crippen MR) is 122 cm³/mol. The zero-order valence-corrected chi connectivity index (χ0v) is 17.5. The van der Waals surface area contributed by atoms with Gasteiger partial charge in [-0.25, -0.2) is 0 Å². The van der Waals surface area contributed by atoms with Crippen molar-refractivity contribution in [3.05, 3.63) is 96.1 Å². The number of hydrogen-bond acceptors (Lipinski definition) is 3. The maximum absolute atomic E-state index is 12.8. The number of nitrogens with one attached hydrogen (secondary N) is 1. The van der Waals surface area contributed by atoms with E-state index in [9.17, 15) is 4.79 Å². The highest BCUT2D eigenvalue weighted by Crippen LogP contribution is 2.22. The monoisotopic (exact) mass is 399 g/mol. The van der Waals surface area contributed by atoms with Crippen LogP contribution in [-0.2, 0) is 0 Å². The van der Waals surface area contributed by atoms with Crippen molar-refractivity contribution in [1.82, 2.24) is 15.1 Å². The molecule has 0 spiro atoms. The largest absolute Gasteiger partial charge is 0.350 e. The molecule has 0 bridgehead atoms. The third-order valence-corrected chi connectivity index (χ3v) is 5.87. The molecule has 3 aromatic carbocycles. The fourth-order valence-electron chi connectivity index (χ4n) is 4.00. The van der Waals surface area contributed by atoms with Crippen LogP contribution in [0.15, 0.2) is 84.9 Å². The Morgan fingerprint density at radius 3 is 2.00 bits per heavy atom. The summed E-state index contributed by atoms with van der Waals surface area (Å²) in [4.78, 5) is 17.7. The number of rotatable bonds is 6. The van der Waals surface area contributed by atoms with Crippen molar-refractivity contribution in [1.29, 1.82) is 0 Å². The van der Waals surface area contributed by atoms with Gasteiger partial charge in [-0.2, -0.15) is 0 Å². The van der Waals surface area contributed by atoms with E-state index in [0.29, 0.717) is 12.1 Å². The van der Waals surface area contributed by atoms with Gasteiger partial charge in [0.05, 0.1) is 6.04 Å². The van der Waals surface area contributed by atoms with E-state index >= 15 is 0 Å². The molecule has 1 amide bonds. The topological polar surface area (TPSA) is 35.6 Å². The van der Waals surface area contributed by atoms with E-state index in [-0.39, 0.29) is 11.9 Å². The van der Waals surface area contributed by atoms with Crippen LogP contribution in [0.4, 0.5) is 0 Å². The number of nitrogens with zero attached hydrogens (tertiary/aromatic N) is 2. The van der Waals surface area contributed by atoms with E-state index in [1.807, 2.05) is 48.5 Å². The summed E-state index contributed by atoms with van der Waals surface area (Å²) < 4.78 is 0. The average Bonchev–Trinajstić information content (AvgIpc) is 2.81. The number of benzene rings is 3. The maximum Gasteiger partial charge on any atom is 0.251 e. The molecule has 1 unspecified atom stereocenters. The van der Waals surface area contributed by atoms with Gasteiger partial charge >= 0.3 is 0 Å². The summed E-state index contributed by atoms with van der Waals surface area (Å²) >= 11 is 0. The molecule has 0 aromatic heterocycles. The molecule has 1 saturated heterocycles. The third-order valence-electron chi connectivity index (χ3n) is 5.87. The normalized spacial score (nSPS) is 16.2. The molecule has 4 nitrogen and oxygen atoms in total. The molecule has 4 heteroatoms. The number of piperazine rings is 1. The van der Waals surface area contributed by atoms with Gasteiger partial charge < -0.3 is 10.2 Å². The summed E-state index contributed by atoms with van der Waals surface area (Å²) in [5.74, 6) is -0.0235. The van der Waals surface area contributed by atoms with Crippen molar-refractivity contribution in [3.8, 4) is 11.1 Å². The Morgan fingerprint density at radius 2 is 1.37 bits per heavy atom. The number of carbonyl (C=O) groups excluding carboxylic acids is 1. The van der Waals surface area contributed by atoms with Crippen molar-refractivity contribution in [2.75, 3.05) is 39.8 Å². The minimum Gasteiger partial charge on any atom is -0.350 e. The molecule has 1 heterocycles. The molecule has 3 aromatic rings. The lowest BCUT2D eigenvalue weighted by Gasteiger charge is -2.38. The lowest BCUT2D eigenvalue weighted by molar-refractivity contribution is 0.0886. The standard InChI is InChI=1S/C26H29N3O/c1-28-16-18-29(19-17-28)25(23-10-6-3-7-11-23)20-27-26(30)24-14-12-22(13-15-24)21-8-4-2-5-9-21/h2-15,25H,16-20H2,1H3,(H,27,30). The van der Waals surface area contributed by atoms with Gasteiger partial charge in [-0.1, -0.05) is 72.8 Å². The molecule has 1 aliphatic heterocycles. The van der Waals surface area contributed by atoms with E-state index in [4.69, 9.17) is 0 Å². The molecule has 30 heavy (non-hydrogen) atoms. The summed E-state index contributed by atoms with van der Waals surface area (Å²) in [6.07, 6.45) is 0. The van der Waals surface area contributed by atoms with Crippen LogP contribution in [0.5, 0.6) is 0 Å². The van der Waals surface area contributed by atoms with Crippen molar-refractivity contribution < 1.29 is 4.79 Å². The lowest BCUT2D eigenvalue weighted by atomic mass is 10.0. The highest BCUT2D eigenvalue weighted by atomic mass is 16.1. The highest BCUT2D eigenvalue weighted by Gasteiger charge is 2.24. The zero-order chi connectivity index (χ0) is 20.8. The first kappa shape index (κ1) is 20.3. The van der Waals surface area contributed by atoms with E-state index in [0.717, 1.165) is 37.3 Å². The van der Waals surface area contributed by atoms with Crippen LogP contribution < -0.4 is 5.32 Å². The van der Waals surface area contributed by atoms with Crippen LogP contribution in [-0.4, -0.2) is 55.5 Å². The molecule has 0 saturated carbocycles. The first-order valence-corrected chi connectivity index (χ1v) is 10.6. The number of hydrogen-bond donors (Lipinski definition) is 1. The van der Waals surface area contributed by atoms with E-state index in [1.165, 1.54) is 5.56 Å². The average molecular weight is 400 g/mol. The second kappa shape index (κ2) is 9.70. The summed E-state index contributed by atoms with van der Waals surface area (Å²) in [5, 5.41) is 3.17. The number of amides is 1. The van der Waals surface area contributed by atoms with E-state index in [1.54, 1.807) is 0 Å². The van der Waals surface area contributed by atoms with Gasteiger partial charge in [-0.15, -0.1) is 0 Å². The van der Waals surface area contributed by atoms with Crippen LogP contribution in [0, 0.1) is 0 Å². The Bertz CT molecular complexity index is 933. The van der Waals surface area contributed by atoms with Gasteiger partial charge in [-0.3, -0.25) is 9.69 Å². The smallest absolute Gasteiger partial charge is 0.251 e. The second-order valence-corrected chi connectivity index (χ2v) is 7.92. The van der Waals surface area contributed by atoms with Crippen molar-refractivity contribution >= 4 is 5.91 Å². The Morgan fingerprint density at radius 1 is 0.800 bits per heavy atom. The second-order valence-electron chi connectivity index (χ2n) is 7.92. The molecule has 0 aliphatic carbocycles. The highest BCUT2D eigenvalue weighted by molar-refractivity contribution is 5.94. The fraction of sp³-hybridized carbons (Fsp3) is 0.269. The SMILES string of the molecule is CN1CCN(C(CNC(=O)c2ccc(-c3ccccc3)cc2)c2ccccc2)CC1. The molecule has 1 N–H and O–H groups in total. The summed E-state index contributed by atoms with van der Waals surface area (Å²) in [6, 6.07) is 28.7. The number of carbonyl (C=O) groups is 1. The van der Waals surface area contributed by atoms with Gasteiger partial charge in [0.25, 0.3) is 5.91 Å². The molecular weight excluding hydrogens is 370 g/mol. The Kier molecular flexibility index (Phi) is 6.57. The summed E-state index contributed by atoms with van der Waals surface area (Å²) in [5.41, 5.74) is 4.22. The zero-order valence-electron chi connectivity index (χ0n) is 17.5. The minimum absolute atomic E-state index is 0.0235. The van der Waals surface area contributed by atoms with E-state index in [2.05, 4.69) is 58.6 Å². The Hall–Kier alpha value is -2.95.